The molecule has 1 fully saturated rings. The lowest BCUT2D eigenvalue weighted by molar-refractivity contribution is -0.158. The number of H-pyrrole nitrogens is 1. The van der Waals surface area contributed by atoms with Crippen LogP contribution in [0, 0.1) is 25.1 Å². The number of ether oxygens (including phenoxy) is 1. The molecule has 0 spiro atoms. The van der Waals surface area contributed by atoms with Crippen molar-refractivity contribution < 1.29 is 13.9 Å². The van der Waals surface area contributed by atoms with Crippen LogP contribution < -0.4 is 0 Å². The molecule has 1 saturated carbocycles. The summed E-state index contributed by atoms with van der Waals surface area (Å²) in [7, 11) is 1.46. The molecule has 1 aliphatic rings. The van der Waals surface area contributed by atoms with Crippen LogP contribution >= 0.6 is 0 Å². The van der Waals surface area contributed by atoms with Gasteiger partial charge in [-0.25, -0.2) is 4.39 Å². The molecule has 5 rings (SSSR count). The molecule has 0 aliphatic heterocycles. The number of methoxy groups -OCH3 is 1. The predicted octanol–water partition coefficient (Wildman–Crippen LogP) is 6.44. The molecule has 0 unspecified atom stereocenters. The molecule has 0 atom stereocenters. The number of aryl methyl sites for hydroxylation is 2. The van der Waals surface area contributed by atoms with Crippen LogP contribution in [0.2, 0.25) is 0 Å². The van der Waals surface area contributed by atoms with Crippen molar-refractivity contribution in [1.82, 2.24) is 14.8 Å². The normalized spacial score (nSPS) is 20.5. The van der Waals surface area contributed by atoms with Crippen molar-refractivity contribution in [2.24, 2.45) is 5.41 Å². The summed E-state index contributed by atoms with van der Waals surface area (Å²) in [6, 6.07) is 9.66. The van der Waals surface area contributed by atoms with Crippen molar-refractivity contribution in [3.63, 3.8) is 0 Å². The van der Waals surface area contributed by atoms with Crippen molar-refractivity contribution >= 4 is 27.8 Å². The Bertz CT molecular complexity index is 1410. The van der Waals surface area contributed by atoms with E-state index in [2.05, 4.69) is 40.7 Å². The summed E-state index contributed by atoms with van der Waals surface area (Å²) < 4.78 is 21.5. The van der Waals surface area contributed by atoms with Crippen molar-refractivity contribution in [3.8, 4) is 5.69 Å². The minimum absolute atomic E-state index is 0.145. The number of rotatable bonds is 4. The zero-order valence-electron chi connectivity index (χ0n) is 20.0. The van der Waals surface area contributed by atoms with Gasteiger partial charge in [-0.15, -0.1) is 0 Å². The third-order valence-electron chi connectivity index (χ3n) is 7.34. The quantitative estimate of drug-likeness (QED) is 0.366. The van der Waals surface area contributed by atoms with Gasteiger partial charge in [-0.05, 0) is 86.9 Å². The number of esters is 1. The van der Waals surface area contributed by atoms with E-state index < -0.39 is 5.41 Å². The van der Waals surface area contributed by atoms with Gasteiger partial charge in [-0.2, -0.15) is 5.10 Å². The van der Waals surface area contributed by atoms with E-state index in [1.54, 1.807) is 13.0 Å². The third-order valence-corrected chi connectivity index (χ3v) is 7.34. The van der Waals surface area contributed by atoms with Crippen molar-refractivity contribution in [2.75, 3.05) is 7.11 Å². The molecule has 1 aliphatic carbocycles. The number of hydrogen-bond donors (Lipinski definition) is 1. The Morgan fingerprint density at radius 2 is 1.94 bits per heavy atom. The average molecular weight is 448 g/mol. The summed E-state index contributed by atoms with van der Waals surface area (Å²) in [5.41, 5.74) is 6.62. The molecule has 0 radical (unpaired) electrons. The maximum absolute atomic E-state index is 14.1. The van der Waals surface area contributed by atoms with Gasteiger partial charge in [0.15, 0.2) is 0 Å². The number of aromatic amines is 1. The van der Waals surface area contributed by atoms with Crippen LogP contribution in [0.25, 0.3) is 27.5 Å². The first kappa shape index (κ1) is 21.7. The molecule has 2 aromatic carbocycles. The standard InChI is InChI=1S/C27H30FN3O2/c1-14(2)25-24(17-12-27(5,13-17)26(32)33-6)20-10-22-19(16(4)29-30-22)11-23(20)31(25)18-7-8-21(28)15(3)9-18/h7-11,14,17H,12-13H2,1-6H3,(H,29,30). The molecule has 1 N–H and O–H groups in total. The van der Waals surface area contributed by atoms with E-state index in [9.17, 15) is 9.18 Å². The summed E-state index contributed by atoms with van der Waals surface area (Å²) in [6.07, 6.45) is 1.50. The first-order chi connectivity index (χ1) is 15.6. The second kappa shape index (κ2) is 7.44. The number of benzene rings is 2. The topological polar surface area (TPSA) is 59.9 Å². The number of hydrogen-bond acceptors (Lipinski definition) is 3. The molecule has 2 heterocycles. The molecular weight excluding hydrogens is 417 g/mol. The Morgan fingerprint density at radius 1 is 1.21 bits per heavy atom. The van der Waals surface area contributed by atoms with Crippen molar-refractivity contribution in [1.29, 1.82) is 0 Å². The second-order valence-electron chi connectivity index (χ2n) is 10.1. The monoisotopic (exact) mass is 447 g/mol. The van der Waals surface area contributed by atoms with E-state index in [4.69, 9.17) is 4.74 Å². The highest BCUT2D eigenvalue weighted by atomic mass is 19.1. The molecule has 172 valence electrons. The van der Waals surface area contributed by atoms with Gasteiger partial charge in [0.25, 0.3) is 0 Å². The molecule has 0 bridgehead atoms. The van der Waals surface area contributed by atoms with Crippen molar-refractivity contribution in [3.05, 3.63) is 58.7 Å². The second-order valence-corrected chi connectivity index (χ2v) is 10.1. The van der Waals surface area contributed by atoms with Gasteiger partial charge in [0, 0.05) is 27.8 Å². The Hall–Kier alpha value is -3.15. The molecular formula is C27H30FN3O2. The maximum Gasteiger partial charge on any atom is 0.311 e. The molecule has 0 amide bonds. The van der Waals surface area contributed by atoms with Crippen LogP contribution in [-0.4, -0.2) is 27.8 Å². The van der Waals surface area contributed by atoms with E-state index in [-0.39, 0.29) is 23.6 Å². The van der Waals surface area contributed by atoms with Crippen LogP contribution in [0.3, 0.4) is 0 Å². The molecule has 0 saturated heterocycles. The fraction of sp³-hybridized carbons (Fsp3) is 0.407. The zero-order chi connectivity index (χ0) is 23.7. The van der Waals surface area contributed by atoms with Crippen molar-refractivity contribution in [2.45, 2.75) is 59.3 Å². The smallest absolute Gasteiger partial charge is 0.311 e. The van der Waals surface area contributed by atoms with Gasteiger partial charge in [0.05, 0.1) is 23.6 Å². The van der Waals surface area contributed by atoms with Crippen LogP contribution in [0.15, 0.2) is 30.3 Å². The van der Waals surface area contributed by atoms with Gasteiger partial charge >= 0.3 is 5.97 Å². The number of aromatic nitrogens is 3. The first-order valence-corrected chi connectivity index (χ1v) is 11.5. The number of carbonyl (C=O) groups is 1. The number of nitrogens with zero attached hydrogens (tertiary/aromatic N) is 2. The molecule has 33 heavy (non-hydrogen) atoms. The Morgan fingerprint density at radius 3 is 2.58 bits per heavy atom. The first-order valence-electron chi connectivity index (χ1n) is 11.5. The predicted molar refractivity (Wildman–Crippen MR) is 129 cm³/mol. The zero-order valence-corrected chi connectivity index (χ0v) is 20.0. The van der Waals surface area contributed by atoms with E-state index in [0.717, 1.165) is 46.0 Å². The highest BCUT2D eigenvalue weighted by molar-refractivity contribution is 6.00. The molecule has 2 aromatic heterocycles. The lowest BCUT2D eigenvalue weighted by Gasteiger charge is -2.43. The minimum atomic E-state index is -0.457. The minimum Gasteiger partial charge on any atom is -0.469 e. The van der Waals surface area contributed by atoms with Gasteiger partial charge in [0.2, 0.25) is 0 Å². The fourth-order valence-corrected chi connectivity index (χ4v) is 5.65. The Kier molecular flexibility index (Phi) is 4.89. The SMILES string of the molecule is COC(=O)C1(C)CC(c2c(C(C)C)n(-c3ccc(F)c(C)c3)c3cc4c(C)[nH]nc4cc23)C1. The van der Waals surface area contributed by atoms with Crippen LogP contribution in [-0.2, 0) is 9.53 Å². The lowest BCUT2D eigenvalue weighted by atomic mass is 9.60. The summed E-state index contributed by atoms with van der Waals surface area (Å²) in [4.78, 5) is 12.4. The number of nitrogens with one attached hydrogen (secondary N) is 1. The van der Waals surface area contributed by atoms with E-state index in [1.807, 2.05) is 26.0 Å². The van der Waals surface area contributed by atoms with Crippen LogP contribution in [0.5, 0.6) is 0 Å². The summed E-state index contributed by atoms with van der Waals surface area (Å²) in [6.45, 7) is 10.2. The van der Waals surface area contributed by atoms with Gasteiger partial charge < -0.3 is 9.30 Å². The van der Waals surface area contributed by atoms with Gasteiger partial charge in [-0.1, -0.05) is 13.8 Å². The van der Waals surface area contributed by atoms with Crippen LogP contribution in [0.1, 0.15) is 68.0 Å². The summed E-state index contributed by atoms with van der Waals surface area (Å²) in [5, 5.41) is 9.83. The molecule has 5 nitrogen and oxygen atoms in total. The van der Waals surface area contributed by atoms with E-state index in [0.29, 0.717) is 5.56 Å². The van der Waals surface area contributed by atoms with Gasteiger partial charge in [-0.3, -0.25) is 9.89 Å². The Balaban J connectivity index is 1.80. The number of halogens is 1. The highest BCUT2D eigenvalue weighted by Crippen LogP contribution is 2.55. The van der Waals surface area contributed by atoms with E-state index >= 15 is 0 Å². The largest absolute Gasteiger partial charge is 0.469 e. The summed E-state index contributed by atoms with van der Waals surface area (Å²) in [5.74, 6) is 0.127. The summed E-state index contributed by atoms with van der Waals surface area (Å²) >= 11 is 0. The van der Waals surface area contributed by atoms with E-state index in [1.165, 1.54) is 18.4 Å². The Labute approximate surface area is 192 Å². The maximum atomic E-state index is 14.1. The lowest BCUT2D eigenvalue weighted by Crippen LogP contribution is -2.41. The fourth-order valence-electron chi connectivity index (χ4n) is 5.65. The van der Waals surface area contributed by atoms with Crippen LogP contribution in [0.4, 0.5) is 4.39 Å². The molecule has 4 aromatic rings. The third kappa shape index (κ3) is 3.18. The average Bonchev–Trinajstić information content (AvgIpc) is 3.29. The number of fused-ring (bicyclic) bond motifs is 2. The number of carbonyl (C=O) groups excluding carboxylic acids is 1. The molecule has 6 heteroatoms. The van der Waals surface area contributed by atoms with Gasteiger partial charge in [0.1, 0.15) is 5.82 Å². The highest BCUT2D eigenvalue weighted by Gasteiger charge is 2.49.